The molecule has 0 amide bonds. The summed E-state index contributed by atoms with van der Waals surface area (Å²) in [5.74, 6) is 0. The van der Waals surface area contributed by atoms with E-state index in [2.05, 4.69) is 20.2 Å². The van der Waals surface area contributed by atoms with E-state index in [1.54, 1.807) is 33.6 Å². The van der Waals surface area contributed by atoms with Gasteiger partial charge in [-0.2, -0.15) is 0 Å². The molecule has 1 aliphatic rings. The van der Waals surface area contributed by atoms with Crippen LogP contribution in [0.5, 0.6) is 0 Å². The molecule has 0 radical (unpaired) electrons. The number of tetrazole rings is 1. The second-order valence-corrected chi connectivity index (χ2v) is 7.29. The van der Waals surface area contributed by atoms with E-state index in [-0.39, 0.29) is 10.6 Å². The van der Waals surface area contributed by atoms with Gasteiger partial charge in [0.05, 0.1) is 18.1 Å². The van der Waals surface area contributed by atoms with Crippen LogP contribution >= 0.6 is 12.2 Å². The SMILES string of the molecule is O=[N+]([O-])c1ccc(N2CCN(Cn3nnn(Cc4ccccc4)c3=S)CC2)cc1. The lowest BCUT2D eigenvalue weighted by Crippen LogP contribution is -2.47. The number of non-ortho nitro benzene ring substituents is 1. The largest absolute Gasteiger partial charge is 0.369 e. The van der Waals surface area contributed by atoms with Crippen LogP contribution in [0.2, 0.25) is 0 Å². The number of anilines is 1. The fraction of sp³-hybridized carbons (Fsp3) is 0.316. The van der Waals surface area contributed by atoms with Crippen molar-refractivity contribution in [1.82, 2.24) is 24.7 Å². The Labute approximate surface area is 172 Å². The lowest BCUT2D eigenvalue weighted by molar-refractivity contribution is -0.384. The summed E-state index contributed by atoms with van der Waals surface area (Å²) in [7, 11) is 0. The summed E-state index contributed by atoms with van der Waals surface area (Å²) < 4.78 is 4.09. The van der Waals surface area contributed by atoms with E-state index in [9.17, 15) is 10.1 Å². The molecule has 9 nitrogen and oxygen atoms in total. The molecule has 0 saturated carbocycles. The third-order valence-corrected chi connectivity index (χ3v) is 5.43. The van der Waals surface area contributed by atoms with Crippen molar-refractivity contribution in [2.45, 2.75) is 13.2 Å². The molecule has 2 heterocycles. The Morgan fingerprint density at radius 1 is 0.931 bits per heavy atom. The number of piperazine rings is 1. The maximum atomic E-state index is 10.8. The van der Waals surface area contributed by atoms with Crippen molar-refractivity contribution in [2.24, 2.45) is 0 Å². The van der Waals surface area contributed by atoms with Crippen LogP contribution in [0.4, 0.5) is 11.4 Å². The number of hydrogen-bond donors (Lipinski definition) is 0. The first-order valence-corrected chi connectivity index (χ1v) is 9.77. The number of hydrogen-bond acceptors (Lipinski definition) is 7. The predicted molar refractivity (Wildman–Crippen MR) is 111 cm³/mol. The van der Waals surface area contributed by atoms with Gasteiger partial charge in [-0.25, -0.2) is 9.36 Å². The minimum Gasteiger partial charge on any atom is -0.369 e. The van der Waals surface area contributed by atoms with Crippen LogP contribution in [0.25, 0.3) is 0 Å². The summed E-state index contributed by atoms with van der Waals surface area (Å²) in [5, 5.41) is 19.2. The highest BCUT2D eigenvalue weighted by molar-refractivity contribution is 7.71. The lowest BCUT2D eigenvalue weighted by Gasteiger charge is -2.35. The monoisotopic (exact) mass is 411 g/mol. The van der Waals surface area contributed by atoms with Crippen LogP contribution in [0, 0.1) is 14.9 Å². The average Bonchev–Trinajstić information content (AvgIpc) is 3.09. The highest BCUT2D eigenvalue weighted by atomic mass is 32.1. The Balaban J connectivity index is 1.34. The molecule has 0 atom stereocenters. The summed E-state index contributed by atoms with van der Waals surface area (Å²) in [6.07, 6.45) is 0. The maximum absolute atomic E-state index is 10.8. The zero-order chi connectivity index (χ0) is 20.2. The van der Waals surface area contributed by atoms with Crippen LogP contribution in [0.15, 0.2) is 54.6 Å². The molecule has 3 aromatic rings. The van der Waals surface area contributed by atoms with Crippen molar-refractivity contribution in [3.8, 4) is 0 Å². The molecule has 4 rings (SSSR count). The van der Waals surface area contributed by atoms with Crippen molar-refractivity contribution in [3.63, 3.8) is 0 Å². The lowest BCUT2D eigenvalue weighted by atomic mass is 10.2. The summed E-state index contributed by atoms with van der Waals surface area (Å²) in [5.41, 5.74) is 2.24. The van der Waals surface area contributed by atoms with Crippen LogP contribution in [-0.2, 0) is 13.2 Å². The van der Waals surface area contributed by atoms with Crippen LogP contribution < -0.4 is 4.90 Å². The smallest absolute Gasteiger partial charge is 0.269 e. The molecule has 10 heteroatoms. The van der Waals surface area contributed by atoms with E-state index in [4.69, 9.17) is 12.2 Å². The fourth-order valence-corrected chi connectivity index (χ4v) is 3.57. The molecule has 1 saturated heterocycles. The normalized spacial score (nSPS) is 14.8. The van der Waals surface area contributed by atoms with Crippen LogP contribution in [0.3, 0.4) is 0 Å². The summed E-state index contributed by atoms with van der Waals surface area (Å²) in [6.45, 7) is 4.58. The van der Waals surface area contributed by atoms with Crippen LogP contribution in [-0.4, -0.2) is 55.8 Å². The molecule has 1 fully saturated rings. The first-order chi connectivity index (χ1) is 14.1. The molecule has 0 spiro atoms. The zero-order valence-electron chi connectivity index (χ0n) is 15.8. The second-order valence-electron chi connectivity index (χ2n) is 6.92. The number of nitro benzene ring substituents is 1. The minimum atomic E-state index is -0.379. The number of nitro groups is 1. The van der Waals surface area contributed by atoms with Gasteiger partial charge in [-0.15, -0.1) is 0 Å². The van der Waals surface area contributed by atoms with Gasteiger partial charge in [-0.05, 0) is 40.3 Å². The Morgan fingerprint density at radius 2 is 1.59 bits per heavy atom. The highest BCUT2D eigenvalue weighted by Crippen LogP contribution is 2.20. The van der Waals surface area contributed by atoms with Gasteiger partial charge >= 0.3 is 0 Å². The van der Waals surface area contributed by atoms with Crippen LogP contribution in [0.1, 0.15) is 5.56 Å². The molecule has 0 bridgehead atoms. The molecule has 1 aromatic heterocycles. The molecule has 2 aromatic carbocycles. The minimum absolute atomic E-state index is 0.111. The summed E-state index contributed by atoms with van der Waals surface area (Å²) >= 11 is 5.53. The molecular weight excluding hydrogens is 390 g/mol. The first-order valence-electron chi connectivity index (χ1n) is 9.36. The Kier molecular flexibility index (Phi) is 5.63. The van der Waals surface area contributed by atoms with Gasteiger partial charge in [0.25, 0.3) is 5.69 Å². The van der Waals surface area contributed by atoms with Gasteiger partial charge in [-0.3, -0.25) is 15.0 Å². The third kappa shape index (κ3) is 4.49. The quantitative estimate of drug-likeness (QED) is 0.350. The third-order valence-electron chi connectivity index (χ3n) is 5.00. The van der Waals surface area contributed by atoms with Gasteiger partial charge in [0, 0.05) is 44.0 Å². The molecule has 1 aliphatic heterocycles. The van der Waals surface area contributed by atoms with E-state index in [1.807, 2.05) is 30.3 Å². The summed E-state index contributed by atoms with van der Waals surface area (Å²) in [6, 6.07) is 16.8. The van der Waals surface area contributed by atoms with E-state index in [0.29, 0.717) is 18.0 Å². The fourth-order valence-electron chi connectivity index (χ4n) is 3.37. The molecule has 0 unspecified atom stereocenters. The van der Waals surface area contributed by atoms with E-state index in [0.717, 1.165) is 37.4 Å². The average molecular weight is 411 g/mol. The molecule has 0 N–H and O–H groups in total. The summed E-state index contributed by atoms with van der Waals surface area (Å²) in [4.78, 5) is 14.9. The van der Waals surface area contributed by atoms with Gasteiger partial charge in [0.2, 0.25) is 4.77 Å². The number of nitrogens with zero attached hydrogens (tertiary/aromatic N) is 7. The first kappa shape index (κ1) is 19.2. The van der Waals surface area contributed by atoms with Crippen molar-refractivity contribution in [3.05, 3.63) is 75.0 Å². The van der Waals surface area contributed by atoms with Crippen molar-refractivity contribution in [1.29, 1.82) is 0 Å². The molecule has 29 heavy (non-hydrogen) atoms. The van der Waals surface area contributed by atoms with Crippen molar-refractivity contribution < 1.29 is 4.92 Å². The Bertz CT molecular complexity index is 1020. The maximum Gasteiger partial charge on any atom is 0.269 e. The Hall–Kier alpha value is -3.11. The standard InChI is InChI=1S/C19H21N7O2S/c27-26(28)18-8-6-17(7-9-18)23-12-10-22(11-13-23)15-25-19(29)24(20-21-25)14-16-4-2-1-3-5-16/h1-9H,10-15H2. The van der Waals surface area contributed by atoms with Crippen molar-refractivity contribution in [2.75, 3.05) is 31.1 Å². The van der Waals surface area contributed by atoms with E-state index in [1.165, 1.54) is 0 Å². The zero-order valence-corrected chi connectivity index (χ0v) is 16.6. The van der Waals surface area contributed by atoms with Gasteiger partial charge < -0.3 is 4.90 Å². The molecule has 150 valence electrons. The Morgan fingerprint density at radius 3 is 2.24 bits per heavy atom. The van der Waals surface area contributed by atoms with Crippen molar-refractivity contribution >= 4 is 23.6 Å². The van der Waals surface area contributed by atoms with Gasteiger partial charge in [-0.1, -0.05) is 30.3 Å². The predicted octanol–water partition coefficient (Wildman–Crippen LogP) is 2.55. The highest BCUT2D eigenvalue weighted by Gasteiger charge is 2.19. The molecule has 0 aliphatic carbocycles. The number of aromatic nitrogens is 4. The van der Waals surface area contributed by atoms with E-state index < -0.39 is 0 Å². The number of benzene rings is 2. The van der Waals surface area contributed by atoms with E-state index >= 15 is 0 Å². The molecular formula is C19H21N7O2S. The van der Waals surface area contributed by atoms with Gasteiger partial charge in [0.15, 0.2) is 0 Å². The topological polar surface area (TPSA) is 85.3 Å². The second kappa shape index (κ2) is 8.50. The number of rotatable bonds is 6. The van der Waals surface area contributed by atoms with Gasteiger partial charge in [0.1, 0.15) is 0 Å².